The number of aryl methyl sites for hydroxylation is 1. The van der Waals surface area contributed by atoms with Crippen LogP contribution in [0.3, 0.4) is 0 Å². The van der Waals surface area contributed by atoms with Gasteiger partial charge in [-0.2, -0.15) is 11.3 Å². The van der Waals surface area contributed by atoms with Gasteiger partial charge in [-0.1, -0.05) is 6.92 Å². The van der Waals surface area contributed by atoms with Crippen LogP contribution in [-0.4, -0.2) is 17.4 Å². The Hall–Kier alpha value is -1.88. The lowest BCUT2D eigenvalue weighted by atomic mass is 10.1. The number of amides is 1. The molecule has 0 atom stereocenters. The van der Waals surface area contributed by atoms with Gasteiger partial charge in [-0.3, -0.25) is 4.79 Å². The number of pyridine rings is 1. The second-order valence-corrected chi connectivity index (χ2v) is 5.04. The monoisotopic (exact) mass is 275 g/mol. The van der Waals surface area contributed by atoms with E-state index >= 15 is 0 Å². The molecule has 2 rings (SSSR count). The number of carbonyl (C=O) groups excluding carboxylic acids is 1. The van der Waals surface area contributed by atoms with Crippen molar-refractivity contribution in [3.05, 3.63) is 45.8 Å². The Kier molecular flexibility index (Phi) is 4.52. The van der Waals surface area contributed by atoms with Crippen molar-refractivity contribution in [3.8, 4) is 0 Å². The largest absolute Gasteiger partial charge is 0.384 e. The molecule has 2 aromatic heterocycles. The van der Waals surface area contributed by atoms with Crippen molar-refractivity contribution >= 4 is 23.1 Å². The van der Waals surface area contributed by atoms with Crippen LogP contribution in [-0.2, 0) is 12.8 Å². The summed E-state index contributed by atoms with van der Waals surface area (Å²) in [6, 6.07) is 5.46. The predicted molar refractivity (Wildman–Crippen MR) is 78.4 cm³/mol. The molecule has 4 nitrogen and oxygen atoms in total. The molecule has 2 aromatic rings. The highest BCUT2D eigenvalue weighted by Crippen LogP contribution is 2.09. The van der Waals surface area contributed by atoms with Crippen molar-refractivity contribution in [1.82, 2.24) is 10.3 Å². The Morgan fingerprint density at radius 1 is 1.47 bits per heavy atom. The molecule has 2 heterocycles. The quantitative estimate of drug-likeness (QED) is 0.879. The van der Waals surface area contributed by atoms with Gasteiger partial charge in [-0.25, -0.2) is 4.98 Å². The van der Waals surface area contributed by atoms with Crippen LogP contribution in [0.2, 0.25) is 0 Å². The van der Waals surface area contributed by atoms with Gasteiger partial charge in [-0.05, 0) is 47.4 Å². The molecule has 0 unspecified atom stereocenters. The molecule has 0 saturated heterocycles. The van der Waals surface area contributed by atoms with E-state index < -0.39 is 0 Å². The smallest absolute Gasteiger partial charge is 0.251 e. The number of nitrogens with two attached hydrogens (primary N) is 1. The van der Waals surface area contributed by atoms with Crippen LogP contribution in [0.4, 0.5) is 5.82 Å². The van der Waals surface area contributed by atoms with Crippen LogP contribution in [0, 0.1) is 0 Å². The zero-order valence-corrected chi connectivity index (χ0v) is 11.7. The minimum atomic E-state index is -0.0981. The van der Waals surface area contributed by atoms with Crippen LogP contribution in [0.25, 0.3) is 0 Å². The number of carbonyl (C=O) groups is 1. The minimum Gasteiger partial charge on any atom is -0.384 e. The lowest BCUT2D eigenvalue weighted by molar-refractivity contribution is 0.0954. The summed E-state index contributed by atoms with van der Waals surface area (Å²) in [6.45, 7) is 2.61. The van der Waals surface area contributed by atoms with Crippen LogP contribution in [0.1, 0.15) is 28.5 Å². The number of nitrogens with one attached hydrogen (secondary N) is 1. The molecule has 19 heavy (non-hydrogen) atoms. The third-order valence-electron chi connectivity index (χ3n) is 2.80. The zero-order chi connectivity index (χ0) is 13.7. The SMILES string of the molecule is CCc1cc(C(=O)NCCc2ccsc2)cc(N)n1. The van der Waals surface area contributed by atoms with Crippen molar-refractivity contribution in [3.63, 3.8) is 0 Å². The number of thiophene rings is 1. The summed E-state index contributed by atoms with van der Waals surface area (Å²) >= 11 is 1.66. The van der Waals surface area contributed by atoms with Gasteiger partial charge in [0.1, 0.15) is 5.82 Å². The molecule has 0 aliphatic heterocycles. The Labute approximate surface area is 116 Å². The van der Waals surface area contributed by atoms with Gasteiger partial charge in [0.05, 0.1) is 0 Å². The fourth-order valence-electron chi connectivity index (χ4n) is 1.78. The van der Waals surface area contributed by atoms with Gasteiger partial charge in [0, 0.05) is 17.8 Å². The number of hydrogen-bond donors (Lipinski definition) is 2. The van der Waals surface area contributed by atoms with E-state index in [1.165, 1.54) is 5.56 Å². The second kappa shape index (κ2) is 6.33. The highest BCUT2D eigenvalue weighted by atomic mass is 32.1. The maximum atomic E-state index is 12.0. The Morgan fingerprint density at radius 2 is 2.32 bits per heavy atom. The third-order valence-corrected chi connectivity index (χ3v) is 3.53. The lowest BCUT2D eigenvalue weighted by Gasteiger charge is -2.07. The molecule has 0 radical (unpaired) electrons. The Bertz CT molecular complexity index is 552. The normalized spacial score (nSPS) is 10.4. The van der Waals surface area contributed by atoms with E-state index in [4.69, 9.17) is 5.73 Å². The van der Waals surface area contributed by atoms with Crippen LogP contribution >= 0.6 is 11.3 Å². The summed E-state index contributed by atoms with van der Waals surface area (Å²) in [5.41, 5.74) is 8.35. The van der Waals surface area contributed by atoms with Gasteiger partial charge in [0.25, 0.3) is 5.91 Å². The van der Waals surface area contributed by atoms with Crippen molar-refractivity contribution in [1.29, 1.82) is 0 Å². The van der Waals surface area contributed by atoms with Crippen LogP contribution in [0.15, 0.2) is 29.0 Å². The average Bonchev–Trinajstić information content (AvgIpc) is 2.91. The van der Waals surface area contributed by atoms with Crippen LogP contribution in [0.5, 0.6) is 0 Å². The maximum Gasteiger partial charge on any atom is 0.251 e. The van der Waals surface area contributed by atoms with Gasteiger partial charge < -0.3 is 11.1 Å². The standard InChI is InChI=1S/C14H17N3OS/c1-2-12-7-11(8-13(15)17-12)14(18)16-5-3-10-4-6-19-9-10/h4,6-9H,2-3,5H2,1H3,(H2,15,17)(H,16,18). The Morgan fingerprint density at radius 3 is 3.00 bits per heavy atom. The van der Waals surface area contributed by atoms with E-state index in [9.17, 15) is 4.79 Å². The highest BCUT2D eigenvalue weighted by Gasteiger charge is 2.08. The molecule has 0 bridgehead atoms. The van der Waals surface area contributed by atoms with Crippen molar-refractivity contribution < 1.29 is 4.79 Å². The first-order valence-corrected chi connectivity index (χ1v) is 7.19. The van der Waals surface area contributed by atoms with E-state index in [-0.39, 0.29) is 5.91 Å². The van der Waals surface area contributed by atoms with E-state index in [1.807, 2.05) is 12.3 Å². The predicted octanol–water partition coefficient (Wildman–Crippen LogP) is 2.26. The number of aromatic nitrogens is 1. The van der Waals surface area contributed by atoms with Gasteiger partial charge in [0.2, 0.25) is 0 Å². The topological polar surface area (TPSA) is 68.0 Å². The van der Waals surface area contributed by atoms with Gasteiger partial charge >= 0.3 is 0 Å². The second-order valence-electron chi connectivity index (χ2n) is 4.26. The molecule has 0 aliphatic carbocycles. The van der Waals surface area contributed by atoms with Crippen molar-refractivity contribution in [2.75, 3.05) is 12.3 Å². The summed E-state index contributed by atoms with van der Waals surface area (Å²) in [6.07, 6.45) is 1.61. The number of nitrogen functional groups attached to an aromatic ring is 1. The highest BCUT2D eigenvalue weighted by molar-refractivity contribution is 7.07. The van der Waals surface area contributed by atoms with Gasteiger partial charge in [-0.15, -0.1) is 0 Å². The van der Waals surface area contributed by atoms with Crippen molar-refractivity contribution in [2.45, 2.75) is 19.8 Å². The molecule has 1 amide bonds. The summed E-state index contributed by atoms with van der Waals surface area (Å²) in [4.78, 5) is 16.2. The zero-order valence-electron chi connectivity index (χ0n) is 10.8. The molecule has 0 aliphatic rings. The first-order chi connectivity index (χ1) is 9.19. The van der Waals surface area contributed by atoms with E-state index in [2.05, 4.69) is 21.7 Å². The van der Waals surface area contributed by atoms with Crippen LogP contribution < -0.4 is 11.1 Å². The molecule has 0 fully saturated rings. The fraction of sp³-hybridized carbons (Fsp3) is 0.286. The minimum absolute atomic E-state index is 0.0981. The molecule has 0 aromatic carbocycles. The van der Waals surface area contributed by atoms with Crippen molar-refractivity contribution in [2.24, 2.45) is 0 Å². The summed E-state index contributed by atoms with van der Waals surface area (Å²) < 4.78 is 0. The number of hydrogen-bond acceptors (Lipinski definition) is 4. The van der Waals surface area contributed by atoms with Gasteiger partial charge in [0.15, 0.2) is 0 Å². The average molecular weight is 275 g/mol. The maximum absolute atomic E-state index is 12.0. The first-order valence-electron chi connectivity index (χ1n) is 6.24. The number of nitrogens with zero attached hydrogens (tertiary/aromatic N) is 1. The molecule has 3 N–H and O–H groups in total. The molecule has 5 heteroatoms. The van der Waals surface area contributed by atoms with E-state index in [1.54, 1.807) is 23.5 Å². The lowest BCUT2D eigenvalue weighted by Crippen LogP contribution is -2.26. The molecular formula is C14H17N3OS. The molecule has 0 saturated carbocycles. The number of anilines is 1. The Balaban J connectivity index is 1.94. The van der Waals surface area contributed by atoms with E-state index in [0.717, 1.165) is 18.5 Å². The molecule has 100 valence electrons. The summed E-state index contributed by atoms with van der Waals surface area (Å²) in [5, 5.41) is 7.02. The summed E-state index contributed by atoms with van der Waals surface area (Å²) in [7, 11) is 0. The molecular weight excluding hydrogens is 258 g/mol. The molecule has 0 spiro atoms. The van der Waals surface area contributed by atoms with E-state index in [0.29, 0.717) is 17.9 Å². The fourth-order valence-corrected chi connectivity index (χ4v) is 2.48. The summed E-state index contributed by atoms with van der Waals surface area (Å²) in [5.74, 6) is 0.293. The third kappa shape index (κ3) is 3.79. The number of rotatable bonds is 5. The first kappa shape index (κ1) is 13.5.